The molecule has 5 nitrogen and oxygen atoms in total. The van der Waals surface area contributed by atoms with Crippen LogP contribution in [0.25, 0.3) is 11.2 Å². The molecule has 0 unspecified atom stereocenters. The first-order valence-corrected chi connectivity index (χ1v) is 7.76. The fourth-order valence-corrected chi connectivity index (χ4v) is 2.69. The van der Waals surface area contributed by atoms with E-state index in [2.05, 4.69) is 34.6 Å². The van der Waals surface area contributed by atoms with E-state index in [-0.39, 0.29) is 0 Å². The van der Waals surface area contributed by atoms with E-state index in [1.807, 2.05) is 36.5 Å². The maximum absolute atomic E-state index is 5.47. The number of fused-ring (bicyclic) bond motifs is 1. The van der Waals surface area contributed by atoms with E-state index in [4.69, 9.17) is 9.72 Å². The fraction of sp³-hybridized carbons (Fsp3) is 0.333. The Morgan fingerprint density at radius 1 is 1.13 bits per heavy atom. The van der Waals surface area contributed by atoms with Crippen molar-refractivity contribution >= 4 is 11.2 Å². The van der Waals surface area contributed by atoms with Gasteiger partial charge >= 0.3 is 0 Å². The summed E-state index contributed by atoms with van der Waals surface area (Å²) in [5.74, 6) is 1.91. The molecule has 23 heavy (non-hydrogen) atoms. The molecule has 5 heteroatoms. The number of likely N-dealkylation sites (N-methyl/N-ethyl adjacent to an activating group) is 1. The van der Waals surface area contributed by atoms with E-state index < -0.39 is 0 Å². The molecule has 0 amide bonds. The highest BCUT2D eigenvalue weighted by molar-refractivity contribution is 5.71. The van der Waals surface area contributed by atoms with Gasteiger partial charge in [0.1, 0.15) is 17.1 Å². The Hall–Kier alpha value is -2.40. The van der Waals surface area contributed by atoms with E-state index in [1.54, 1.807) is 7.11 Å². The summed E-state index contributed by atoms with van der Waals surface area (Å²) in [4.78, 5) is 11.5. The molecular formula is C18H22N4O. The van der Waals surface area contributed by atoms with Crippen LogP contribution >= 0.6 is 0 Å². The summed E-state index contributed by atoms with van der Waals surface area (Å²) in [6, 6.07) is 12.0. The number of ether oxygens (including phenoxy) is 1. The molecule has 0 radical (unpaired) electrons. The van der Waals surface area contributed by atoms with Crippen LogP contribution in [-0.2, 0) is 13.0 Å². The quantitative estimate of drug-likeness (QED) is 0.702. The number of pyridine rings is 1. The number of hydrogen-bond acceptors (Lipinski definition) is 4. The topological polar surface area (TPSA) is 43.2 Å². The molecular weight excluding hydrogens is 288 g/mol. The lowest BCUT2D eigenvalue weighted by molar-refractivity contribution is 0.382. The molecule has 0 saturated carbocycles. The normalized spacial score (nSPS) is 11.3. The summed E-state index contributed by atoms with van der Waals surface area (Å²) in [5.41, 5.74) is 3.02. The molecule has 3 rings (SSSR count). The van der Waals surface area contributed by atoms with Crippen LogP contribution in [0.15, 0.2) is 42.6 Å². The average Bonchev–Trinajstić information content (AvgIpc) is 2.90. The van der Waals surface area contributed by atoms with Crippen LogP contribution in [0.1, 0.15) is 11.4 Å². The van der Waals surface area contributed by atoms with Crippen LogP contribution < -0.4 is 4.74 Å². The van der Waals surface area contributed by atoms with Crippen molar-refractivity contribution in [3.63, 3.8) is 0 Å². The van der Waals surface area contributed by atoms with Gasteiger partial charge in [0.25, 0.3) is 0 Å². The Balaban J connectivity index is 2.00. The zero-order valence-electron chi connectivity index (χ0n) is 13.9. The average molecular weight is 310 g/mol. The Morgan fingerprint density at radius 3 is 2.74 bits per heavy atom. The first-order valence-electron chi connectivity index (χ1n) is 7.76. The molecule has 0 aliphatic carbocycles. The van der Waals surface area contributed by atoms with Crippen molar-refractivity contribution in [3.8, 4) is 5.75 Å². The molecule has 0 spiro atoms. The van der Waals surface area contributed by atoms with Crippen molar-refractivity contribution in [2.24, 2.45) is 0 Å². The van der Waals surface area contributed by atoms with Gasteiger partial charge in [-0.25, -0.2) is 9.97 Å². The molecule has 0 saturated heterocycles. The first-order chi connectivity index (χ1) is 11.2. The van der Waals surface area contributed by atoms with Crippen LogP contribution in [0.5, 0.6) is 5.75 Å². The smallest absolute Gasteiger partial charge is 0.160 e. The molecule has 3 aromatic rings. The van der Waals surface area contributed by atoms with Crippen LogP contribution in [0.2, 0.25) is 0 Å². The monoisotopic (exact) mass is 310 g/mol. The Kier molecular flexibility index (Phi) is 4.57. The molecule has 0 N–H and O–H groups in total. The highest BCUT2D eigenvalue weighted by Gasteiger charge is 2.14. The van der Waals surface area contributed by atoms with Gasteiger partial charge in [-0.15, -0.1) is 0 Å². The third-order valence-corrected chi connectivity index (χ3v) is 3.89. The number of imidazole rings is 1. The summed E-state index contributed by atoms with van der Waals surface area (Å²) in [7, 11) is 5.86. The second kappa shape index (κ2) is 6.79. The van der Waals surface area contributed by atoms with E-state index in [1.165, 1.54) is 0 Å². The number of aromatic nitrogens is 3. The second-order valence-electron chi connectivity index (χ2n) is 5.82. The SMILES string of the molecule is COc1ccccc1Cc1nc2cccnc2n1CCN(C)C. The standard InChI is InChI=1S/C18H22N4O/c1-21(2)11-12-22-17(20-15-8-6-10-19-18(15)22)13-14-7-4-5-9-16(14)23-3/h4-10H,11-13H2,1-3H3. The van der Waals surface area contributed by atoms with Crippen LogP contribution in [0.3, 0.4) is 0 Å². The van der Waals surface area contributed by atoms with Crippen molar-refractivity contribution in [2.45, 2.75) is 13.0 Å². The Morgan fingerprint density at radius 2 is 1.96 bits per heavy atom. The highest BCUT2D eigenvalue weighted by Crippen LogP contribution is 2.22. The minimum atomic E-state index is 0.730. The Bertz CT molecular complexity index is 795. The van der Waals surface area contributed by atoms with Gasteiger partial charge in [-0.3, -0.25) is 0 Å². The third-order valence-electron chi connectivity index (χ3n) is 3.89. The van der Waals surface area contributed by atoms with Gasteiger partial charge in [0.05, 0.1) is 7.11 Å². The lowest BCUT2D eigenvalue weighted by Crippen LogP contribution is -2.20. The number of rotatable bonds is 6. The van der Waals surface area contributed by atoms with Gasteiger partial charge < -0.3 is 14.2 Å². The number of hydrogen-bond donors (Lipinski definition) is 0. The van der Waals surface area contributed by atoms with Gasteiger partial charge in [-0.2, -0.15) is 0 Å². The molecule has 1 aromatic carbocycles. The third kappa shape index (κ3) is 3.35. The first kappa shape index (κ1) is 15.5. The van der Waals surface area contributed by atoms with E-state index in [9.17, 15) is 0 Å². The summed E-state index contributed by atoms with van der Waals surface area (Å²) in [6.07, 6.45) is 2.55. The van der Waals surface area contributed by atoms with Crippen molar-refractivity contribution in [1.29, 1.82) is 0 Å². The lowest BCUT2D eigenvalue weighted by Gasteiger charge is -2.14. The number of para-hydroxylation sites is 1. The maximum Gasteiger partial charge on any atom is 0.160 e. The molecule has 120 valence electrons. The van der Waals surface area contributed by atoms with Crippen molar-refractivity contribution in [2.75, 3.05) is 27.7 Å². The predicted octanol–water partition coefficient (Wildman–Crippen LogP) is 2.59. The zero-order chi connectivity index (χ0) is 16.2. The van der Waals surface area contributed by atoms with E-state index >= 15 is 0 Å². The minimum Gasteiger partial charge on any atom is -0.496 e. The van der Waals surface area contributed by atoms with Gasteiger partial charge in [0, 0.05) is 31.3 Å². The van der Waals surface area contributed by atoms with Crippen molar-refractivity contribution in [1.82, 2.24) is 19.4 Å². The Labute approximate surface area is 136 Å². The van der Waals surface area contributed by atoms with Gasteiger partial charge in [0.15, 0.2) is 5.65 Å². The largest absolute Gasteiger partial charge is 0.496 e. The molecule has 0 aliphatic heterocycles. The van der Waals surface area contributed by atoms with E-state index in [0.29, 0.717) is 0 Å². The predicted molar refractivity (Wildman–Crippen MR) is 91.9 cm³/mol. The lowest BCUT2D eigenvalue weighted by atomic mass is 10.1. The van der Waals surface area contributed by atoms with Gasteiger partial charge in [-0.1, -0.05) is 18.2 Å². The molecule has 0 atom stereocenters. The van der Waals surface area contributed by atoms with Crippen LogP contribution in [0, 0.1) is 0 Å². The number of benzene rings is 1. The molecule has 2 aromatic heterocycles. The number of methoxy groups -OCH3 is 1. The van der Waals surface area contributed by atoms with Crippen molar-refractivity contribution < 1.29 is 4.74 Å². The van der Waals surface area contributed by atoms with Crippen LogP contribution in [-0.4, -0.2) is 47.2 Å². The number of nitrogens with zero attached hydrogens (tertiary/aromatic N) is 4. The van der Waals surface area contributed by atoms with Gasteiger partial charge in [0.2, 0.25) is 0 Å². The second-order valence-corrected chi connectivity index (χ2v) is 5.82. The highest BCUT2D eigenvalue weighted by atomic mass is 16.5. The van der Waals surface area contributed by atoms with Crippen molar-refractivity contribution in [3.05, 3.63) is 54.0 Å². The minimum absolute atomic E-state index is 0.730. The summed E-state index contributed by atoms with van der Waals surface area (Å²) >= 11 is 0. The molecule has 0 fully saturated rings. The zero-order valence-corrected chi connectivity index (χ0v) is 13.9. The molecule has 2 heterocycles. The fourth-order valence-electron chi connectivity index (χ4n) is 2.69. The molecule has 0 bridgehead atoms. The molecule has 0 aliphatic rings. The van der Waals surface area contributed by atoms with E-state index in [0.717, 1.165) is 47.8 Å². The summed E-state index contributed by atoms with van der Waals surface area (Å²) in [5, 5.41) is 0. The van der Waals surface area contributed by atoms with Gasteiger partial charge in [-0.05, 0) is 32.3 Å². The summed E-state index contributed by atoms with van der Waals surface area (Å²) < 4.78 is 7.68. The maximum atomic E-state index is 5.47. The van der Waals surface area contributed by atoms with Crippen LogP contribution in [0.4, 0.5) is 0 Å². The summed E-state index contributed by atoms with van der Waals surface area (Å²) in [6.45, 7) is 1.81.